The molecule has 1 aromatic rings. The van der Waals surface area contributed by atoms with Gasteiger partial charge in [-0.25, -0.2) is 0 Å². The molecule has 0 aromatic heterocycles. The van der Waals surface area contributed by atoms with E-state index in [1.54, 1.807) is 13.0 Å². The summed E-state index contributed by atoms with van der Waals surface area (Å²) in [7, 11) is 0. The largest absolute Gasteiger partial charge is 0.511 e. The number of allylic oxidation sites excluding steroid dienone is 1. The van der Waals surface area contributed by atoms with Crippen molar-refractivity contribution in [2.24, 2.45) is 17.6 Å². The predicted octanol–water partition coefficient (Wildman–Crippen LogP) is 1.31. The van der Waals surface area contributed by atoms with Crippen LogP contribution in [-0.4, -0.2) is 66.6 Å². The summed E-state index contributed by atoms with van der Waals surface area (Å²) in [4.78, 5) is 62.4. The quantitative estimate of drug-likeness (QED) is 0.168. The lowest BCUT2D eigenvalue weighted by molar-refractivity contribution is -0.174. The molecule has 0 aliphatic heterocycles. The molecule has 0 radical (unpaired) electrons. The Labute approximate surface area is 216 Å². The zero-order valence-electron chi connectivity index (χ0n) is 20.3. The summed E-state index contributed by atoms with van der Waals surface area (Å²) in [5.41, 5.74) is 1.10. The van der Waals surface area contributed by atoms with E-state index in [9.17, 15) is 44.4 Å². The van der Waals surface area contributed by atoms with Gasteiger partial charge in [-0.15, -0.1) is 0 Å². The molecule has 0 spiro atoms. The lowest BCUT2D eigenvalue weighted by atomic mass is 9.56. The molecule has 4 rings (SSSR count). The molecule has 3 aliphatic rings. The van der Waals surface area contributed by atoms with E-state index in [0.717, 1.165) is 0 Å². The Balaban J connectivity index is 1.85. The number of carboxylic acids is 1. The number of benzene rings is 1. The first-order chi connectivity index (χ1) is 17.8. The molecular formula is C26H27NO11. The van der Waals surface area contributed by atoms with Gasteiger partial charge in [0.25, 0.3) is 5.91 Å². The number of ketones is 2. The molecular weight excluding hydrogens is 502 g/mol. The number of phenols is 1. The molecule has 38 heavy (non-hydrogen) atoms. The van der Waals surface area contributed by atoms with Crippen LogP contribution in [0.3, 0.4) is 0 Å². The number of carbonyl (C=O) groups excluding carboxylic acids is 4. The van der Waals surface area contributed by atoms with Crippen LogP contribution in [0.25, 0.3) is 0 Å². The zero-order valence-corrected chi connectivity index (χ0v) is 20.3. The van der Waals surface area contributed by atoms with Crippen LogP contribution in [0.15, 0.2) is 40.9 Å². The summed E-state index contributed by atoms with van der Waals surface area (Å²) in [6.07, 6.45) is -2.06. The van der Waals surface area contributed by atoms with Crippen LogP contribution in [0.4, 0.5) is 0 Å². The van der Waals surface area contributed by atoms with E-state index in [-0.39, 0.29) is 31.2 Å². The highest BCUT2D eigenvalue weighted by Gasteiger charge is 2.65. The molecule has 12 heteroatoms. The van der Waals surface area contributed by atoms with Crippen LogP contribution in [0.2, 0.25) is 0 Å². The molecule has 7 N–H and O–H groups in total. The number of carboxylic acid groups (broad SMARTS) is 1. The van der Waals surface area contributed by atoms with Crippen molar-refractivity contribution in [3.63, 3.8) is 0 Å². The van der Waals surface area contributed by atoms with Crippen LogP contribution < -0.4 is 5.73 Å². The van der Waals surface area contributed by atoms with Crippen molar-refractivity contribution in [3.8, 4) is 5.75 Å². The number of unbranched alkanes of at least 4 members (excludes halogenated alkanes) is 1. The summed E-state index contributed by atoms with van der Waals surface area (Å²) < 4.78 is 5.70. The molecule has 0 saturated heterocycles. The minimum absolute atomic E-state index is 0.157. The normalized spacial score (nSPS) is 28.4. The smallest absolute Gasteiger partial charge is 0.306 e. The summed E-state index contributed by atoms with van der Waals surface area (Å²) in [5, 5.41) is 52.5. The highest BCUT2D eigenvalue weighted by Crippen LogP contribution is 2.55. The van der Waals surface area contributed by atoms with Gasteiger partial charge in [0.1, 0.15) is 28.9 Å². The summed E-state index contributed by atoms with van der Waals surface area (Å²) >= 11 is 0. The van der Waals surface area contributed by atoms with Crippen molar-refractivity contribution >= 4 is 29.4 Å². The fourth-order valence-electron chi connectivity index (χ4n) is 5.83. The standard InChI is InChI=1S/C26H27NO11/c1-10-11-5-4-6-13(28)18(11)21(33)20-17(10)22(38-16(32)8-3-2-7-15(30)31)12-9-14(29)19(25(27)36)23(34)26(12,37)24(20)35/h4-6,10,12,17,22,28-29,35,37H,2-3,7-9H2,1H3,(H2,27,36)(H,30,31)/t10-,12+,17+,22+,26+/m0/s1. The van der Waals surface area contributed by atoms with Gasteiger partial charge in [0, 0.05) is 36.7 Å². The van der Waals surface area contributed by atoms with Crippen LogP contribution in [0, 0.1) is 11.8 Å². The third-order valence-corrected chi connectivity index (χ3v) is 7.62. The molecule has 202 valence electrons. The van der Waals surface area contributed by atoms with Gasteiger partial charge in [-0.3, -0.25) is 24.0 Å². The number of amides is 1. The van der Waals surface area contributed by atoms with Gasteiger partial charge in [0.15, 0.2) is 11.4 Å². The molecule has 0 fully saturated rings. The van der Waals surface area contributed by atoms with E-state index in [4.69, 9.17) is 15.6 Å². The Morgan fingerprint density at radius 3 is 2.39 bits per heavy atom. The van der Waals surface area contributed by atoms with Crippen LogP contribution in [0.1, 0.15) is 60.9 Å². The summed E-state index contributed by atoms with van der Waals surface area (Å²) in [6, 6.07) is 4.34. The minimum Gasteiger partial charge on any atom is -0.511 e. The number of aliphatic hydroxyl groups is 3. The van der Waals surface area contributed by atoms with Gasteiger partial charge in [-0.1, -0.05) is 19.1 Å². The first kappa shape index (κ1) is 26.9. The second-order valence-corrected chi connectivity index (χ2v) is 9.79. The number of fused-ring (bicyclic) bond motifs is 3. The predicted molar refractivity (Wildman–Crippen MR) is 127 cm³/mol. The lowest BCUT2D eigenvalue weighted by Gasteiger charge is -2.51. The van der Waals surface area contributed by atoms with Crippen molar-refractivity contribution in [1.82, 2.24) is 0 Å². The van der Waals surface area contributed by atoms with E-state index in [1.807, 2.05) is 0 Å². The number of primary amides is 1. The molecule has 5 atom stereocenters. The molecule has 1 aromatic carbocycles. The van der Waals surface area contributed by atoms with E-state index in [0.29, 0.717) is 5.56 Å². The Bertz CT molecular complexity index is 1330. The maximum absolute atomic E-state index is 13.6. The monoisotopic (exact) mass is 529 g/mol. The average Bonchev–Trinajstić information content (AvgIpc) is 2.83. The molecule has 0 saturated carbocycles. The molecule has 0 bridgehead atoms. The fraction of sp³-hybridized carbons (Fsp3) is 0.423. The Kier molecular flexibility index (Phi) is 6.79. The zero-order chi connectivity index (χ0) is 28.1. The Hall–Kier alpha value is -4.19. The third-order valence-electron chi connectivity index (χ3n) is 7.62. The second kappa shape index (κ2) is 9.60. The van der Waals surface area contributed by atoms with Crippen LogP contribution in [0.5, 0.6) is 5.75 Å². The van der Waals surface area contributed by atoms with E-state index in [1.165, 1.54) is 12.1 Å². The number of nitrogens with two attached hydrogens (primary N) is 1. The maximum Gasteiger partial charge on any atom is 0.306 e. The highest BCUT2D eigenvalue weighted by atomic mass is 16.5. The number of hydrogen-bond donors (Lipinski definition) is 6. The Morgan fingerprint density at radius 2 is 1.76 bits per heavy atom. The second-order valence-electron chi connectivity index (χ2n) is 9.79. The van der Waals surface area contributed by atoms with E-state index < -0.39 is 93.7 Å². The number of hydrogen-bond acceptors (Lipinski definition) is 10. The van der Waals surface area contributed by atoms with Crippen molar-refractivity contribution < 1.29 is 54.2 Å². The van der Waals surface area contributed by atoms with Gasteiger partial charge in [-0.05, 0) is 30.4 Å². The number of ether oxygens (including phenoxy) is 1. The molecule has 0 unspecified atom stereocenters. The third kappa shape index (κ3) is 4.01. The molecule has 12 nitrogen and oxygen atoms in total. The number of phenolic OH excluding ortho intramolecular Hbond substituents is 1. The molecule has 1 amide bonds. The van der Waals surface area contributed by atoms with Gasteiger partial charge < -0.3 is 36.0 Å². The number of aliphatic hydroxyl groups excluding tert-OH is 2. The molecule has 0 heterocycles. The van der Waals surface area contributed by atoms with E-state index >= 15 is 0 Å². The van der Waals surface area contributed by atoms with Crippen molar-refractivity contribution in [3.05, 3.63) is 52.0 Å². The average molecular weight is 529 g/mol. The first-order valence-electron chi connectivity index (χ1n) is 12.0. The van der Waals surface area contributed by atoms with Crippen LogP contribution in [-0.2, 0) is 23.9 Å². The lowest BCUT2D eigenvalue weighted by Crippen LogP contribution is -2.63. The fourth-order valence-corrected chi connectivity index (χ4v) is 5.83. The molecule has 3 aliphatic carbocycles. The van der Waals surface area contributed by atoms with Gasteiger partial charge >= 0.3 is 11.9 Å². The van der Waals surface area contributed by atoms with Crippen molar-refractivity contribution in [1.29, 1.82) is 0 Å². The van der Waals surface area contributed by atoms with Gasteiger partial charge in [-0.2, -0.15) is 0 Å². The van der Waals surface area contributed by atoms with Crippen molar-refractivity contribution in [2.45, 2.75) is 56.7 Å². The maximum atomic E-state index is 13.6. The topological polar surface area (TPSA) is 222 Å². The van der Waals surface area contributed by atoms with Gasteiger partial charge in [0.05, 0.1) is 5.56 Å². The summed E-state index contributed by atoms with van der Waals surface area (Å²) in [5.74, 6) is -11.1. The number of esters is 1. The number of carbonyl (C=O) groups is 5. The SMILES string of the molecule is C[C@H]1c2cccc(O)c2C(=O)C2=C(O)[C@]3(O)C(=O)C(C(N)=O)=C(O)C[C@@H]3[C@@H](OC(=O)CCCCC(=O)O)[C@@H]21. The highest BCUT2D eigenvalue weighted by molar-refractivity contribution is 6.24. The first-order valence-corrected chi connectivity index (χ1v) is 12.0. The van der Waals surface area contributed by atoms with Gasteiger partial charge in [0.2, 0.25) is 5.78 Å². The van der Waals surface area contributed by atoms with E-state index in [2.05, 4.69) is 0 Å². The number of aromatic hydroxyl groups is 1. The number of aliphatic carboxylic acids is 1. The van der Waals surface area contributed by atoms with Crippen LogP contribution >= 0.6 is 0 Å². The van der Waals surface area contributed by atoms with Crippen molar-refractivity contribution in [2.75, 3.05) is 0 Å². The minimum atomic E-state index is -2.94. The summed E-state index contributed by atoms with van der Waals surface area (Å²) in [6.45, 7) is 1.65. The number of rotatable bonds is 7. The number of Topliss-reactive ketones (excluding diaryl/α,β-unsaturated/α-hetero) is 2. The Morgan fingerprint density at radius 1 is 1.11 bits per heavy atom.